The molecule has 0 aromatic heterocycles. The molecule has 0 aliphatic carbocycles. The van der Waals surface area contributed by atoms with Gasteiger partial charge in [0.2, 0.25) is 0 Å². The molecule has 0 bridgehead atoms. The van der Waals surface area contributed by atoms with Crippen molar-refractivity contribution in [3.8, 4) is 0 Å². The molecule has 2 rings (SSSR count). The van der Waals surface area contributed by atoms with Gasteiger partial charge in [-0.05, 0) is 39.8 Å². The molecule has 6 heteroatoms. The summed E-state index contributed by atoms with van der Waals surface area (Å²) < 4.78 is 11.8. The molecule has 1 aromatic rings. The van der Waals surface area contributed by atoms with Crippen LogP contribution in [0.3, 0.4) is 0 Å². The minimum absolute atomic E-state index is 0.409. The maximum absolute atomic E-state index is 6.02. The fourth-order valence-electron chi connectivity index (χ4n) is 1.77. The number of anilines is 1. The minimum atomic E-state index is -0.550. The number of hydrogen-bond acceptors (Lipinski definition) is 3. The monoisotopic (exact) mass is 287 g/mol. The van der Waals surface area contributed by atoms with Crippen molar-refractivity contribution < 1.29 is 9.31 Å². The van der Waals surface area contributed by atoms with Gasteiger partial charge in [-0.1, -0.05) is 23.2 Å². The van der Waals surface area contributed by atoms with Gasteiger partial charge < -0.3 is 15.0 Å². The van der Waals surface area contributed by atoms with Crippen LogP contribution in [0.15, 0.2) is 12.1 Å². The van der Waals surface area contributed by atoms with E-state index in [1.165, 1.54) is 0 Å². The molecule has 18 heavy (non-hydrogen) atoms. The second-order valence-corrected chi connectivity index (χ2v) is 6.32. The first-order chi connectivity index (χ1) is 8.14. The van der Waals surface area contributed by atoms with Crippen LogP contribution in [0.1, 0.15) is 27.7 Å². The normalized spacial score (nSPS) is 21.3. The Morgan fingerprint density at radius 1 is 1.06 bits per heavy atom. The van der Waals surface area contributed by atoms with Gasteiger partial charge in [0.1, 0.15) is 0 Å². The fraction of sp³-hybridized carbons (Fsp3) is 0.500. The second kappa shape index (κ2) is 4.31. The van der Waals surface area contributed by atoms with Crippen molar-refractivity contribution in [1.82, 2.24) is 0 Å². The molecule has 0 spiro atoms. The Balaban J connectivity index is 2.41. The van der Waals surface area contributed by atoms with Crippen LogP contribution < -0.4 is 11.2 Å². The van der Waals surface area contributed by atoms with Gasteiger partial charge in [0.05, 0.1) is 21.9 Å². The summed E-state index contributed by atoms with van der Waals surface area (Å²) in [6, 6.07) is 3.33. The van der Waals surface area contributed by atoms with Crippen molar-refractivity contribution in [1.29, 1.82) is 0 Å². The van der Waals surface area contributed by atoms with E-state index >= 15 is 0 Å². The van der Waals surface area contributed by atoms with Crippen molar-refractivity contribution in [2.75, 3.05) is 5.73 Å². The summed E-state index contributed by atoms with van der Waals surface area (Å²) >= 11 is 12.0. The largest absolute Gasteiger partial charge is 0.497 e. The molecule has 1 aromatic carbocycles. The van der Waals surface area contributed by atoms with Gasteiger partial charge in [0, 0.05) is 10.5 Å². The second-order valence-electron chi connectivity index (χ2n) is 5.48. The number of nitrogens with two attached hydrogens (primary N) is 1. The van der Waals surface area contributed by atoms with Gasteiger partial charge >= 0.3 is 7.12 Å². The smallest absolute Gasteiger partial charge is 0.399 e. The highest BCUT2D eigenvalue weighted by molar-refractivity contribution is 6.65. The van der Waals surface area contributed by atoms with Crippen molar-refractivity contribution in [3.05, 3.63) is 22.2 Å². The fourth-order valence-corrected chi connectivity index (χ4v) is 2.28. The minimum Gasteiger partial charge on any atom is -0.399 e. The topological polar surface area (TPSA) is 44.5 Å². The zero-order valence-corrected chi connectivity index (χ0v) is 12.4. The molecule has 1 fully saturated rings. The summed E-state index contributed by atoms with van der Waals surface area (Å²) in [5.74, 6) is 0. The van der Waals surface area contributed by atoms with Crippen LogP contribution in [-0.2, 0) is 9.31 Å². The van der Waals surface area contributed by atoms with Crippen LogP contribution in [-0.4, -0.2) is 18.3 Å². The van der Waals surface area contributed by atoms with E-state index in [1.807, 2.05) is 27.7 Å². The van der Waals surface area contributed by atoms with Crippen molar-refractivity contribution in [3.63, 3.8) is 0 Å². The van der Waals surface area contributed by atoms with E-state index < -0.39 is 18.3 Å². The lowest BCUT2D eigenvalue weighted by Gasteiger charge is -2.32. The number of nitrogen functional groups attached to an aromatic ring is 1. The molecular formula is C12H16BCl2NO2. The van der Waals surface area contributed by atoms with E-state index in [2.05, 4.69) is 0 Å². The van der Waals surface area contributed by atoms with Gasteiger partial charge in [-0.25, -0.2) is 0 Å². The van der Waals surface area contributed by atoms with Gasteiger partial charge in [0.25, 0.3) is 0 Å². The first-order valence-electron chi connectivity index (χ1n) is 5.74. The molecule has 1 saturated heterocycles. The number of hydrogen-bond donors (Lipinski definition) is 1. The van der Waals surface area contributed by atoms with E-state index in [9.17, 15) is 0 Å². The van der Waals surface area contributed by atoms with E-state index in [1.54, 1.807) is 12.1 Å². The number of rotatable bonds is 1. The van der Waals surface area contributed by atoms with Gasteiger partial charge in [-0.2, -0.15) is 0 Å². The molecule has 2 N–H and O–H groups in total. The highest BCUT2D eigenvalue weighted by Crippen LogP contribution is 2.37. The van der Waals surface area contributed by atoms with Crippen LogP contribution in [0.5, 0.6) is 0 Å². The van der Waals surface area contributed by atoms with E-state index in [0.29, 0.717) is 21.2 Å². The lowest BCUT2D eigenvalue weighted by atomic mass is 9.78. The summed E-state index contributed by atoms with van der Waals surface area (Å²) in [6.45, 7) is 7.93. The quantitative estimate of drug-likeness (QED) is 0.638. The molecule has 0 unspecified atom stereocenters. The van der Waals surface area contributed by atoms with Crippen molar-refractivity contribution in [2.45, 2.75) is 38.9 Å². The third-order valence-electron chi connectivity index (χ3n) is 3.63. The molecule has 0 atom stereocenters. The van der Waals surface area contributed by atoms with E-state index in [-0.39, 0.29) is 0 Å². The molecule has 1 heterocycles. The van der Waals surface area contributed by atoms with Gasteiger partial charge in [-0.3, -0.25) is 0 Å². The van der Waals surface area contributed by atoms with Crippen LogP contribution in [0, 0.1) is 0 Å². The Morgan fingerprint density at radius 2 is 1.56 bits per heavy atom. The van der Waals surface area contributed by atoms with Crippen LogP contribution in [0.4, 0.5) is 5.69 Å². The Labute approximate surface area is 118 Å². The third kappa shape index (κ3) is 2.23. The van der Waals surface area contributed by atoms with Gasteiger partial charge in [-0.15, -0.1) is 0 Å². The molecular weight excluding hydrogens is 272 g/mol. The Hall–Kier alpha value is -0.415. The summed E-state index contributed by atoms with van der Waals surface area (Å²) in [4.78, 5) is 0. The predicted octanol–water partition coefficient (Wildman–Crippen LogP) is 2.87. The Morgan fingerprint density at radius 3 is 2.06 bits per heavy atom. The molecule has 0 radical (unpaired) electrons. The highest BCUT2D eigenvalue weighted by Gasteiger charge is 2.52. The summed E-state index contributed by atoms with van der Waals surface area (Å²) in [5.41, 5.74) is 6.24. The first-order valence-corrected chi connectivity index (χ1v) is 6.50. The van der Waals surface area contributed by atoms with Crippen LogP contribution >= 0.6 is 23.2 Å². The molecule has 0 amide bonds. The molecule has 98 valence electrons. The molecule has 1 aliphatic heterocycles. The van der Waals surface area contributed by atoms with Crippen molar-refractivity contribution >= 4 is 41.5 Å². The molecule has 1 aliphatic rings. The van der Waals surface area contributed by atoms with Crippen LogP contribution in [0.25, 0.3) is 0 Å². The average Bonchev–Trinajstić information content (AvgIpc) is 2.42. The lowest BCUT2D eigenvalue weighted by Crippen LogP contribution is -2.41. The lowest BCUT2D eigenvalue weighted by molar-refractivity contribution is 0.00578. The summed E-state index contributed by atoms with van der Waals surface area (Å²) in [5, 5.41) is 0.922. The Bertz CT molecular complexity index is 475. The summed E-state index contributed by atoms with van der Waals surface area (Å²) in [6.07, 6.45) is 0. The summed E-state index contributed by atoms with van der Waals surface area (Å²) in [7, 11) is -0.550. The van der Waals surface area contributed by atoms with Gasteiger partial charge in [0.15, 0.2) is 0 Å². The number of halogens is 2. The molecule has 0 saturated carbocycles. The maximum atomic E-state index is 6.02. The Kier molecular flexibility index (Phi) is 3.35. The number of benzene rings is 1. The SMILES string of the molecule is CC1(C)OB(c2cc(Cl)cc(Cl)c2N)OC1(C)C. The molecule has 3 nitrogen and oxygen atoms in total. The zero-order chi connectivity index (χ0) is 13.7. The predicted molar refractivity (Wildman–Crippen MR) is 76.6 cm³/mol. The van der Waals surface area contributed by atoms with E-state index in [0.717, 1.165) is 0 Å². The maximum Gasteiger partial charge on any atom is 0.497 e. The first kappa shape index (κ1) is 14.0. The zero-order valence-electron chi connectivity index (χ0n) is 10.9. The standard InChI is InChI=1S/C12H16BCl2NO2/c1-11(2)12(3,4)18-13(17-11)8-5-7(14)6-9(15)10(8)16/h5-6H,16H2,1-4H3. The highest BCUT2D eigenvalue weighted by atomic mass is 35.5. The van der Waals surface area contributed by atoms with Crippen LogP contribution in [0.2, 0.25) is 10.0 Å². The van der Waals surface area contributed by atoms with E-state index in [4.69, 9.17) is 38.2 Å². The third-order valence-corrected chi connectivity index (χ3v) is 4.16. The average molecular weight is 288 g/mol. The van der Waals surface area contributed by atoms with Crippen molar-refractivity contribution in [2.24, 2.45) is 0 Å².